The highest BCUT2D eigenvalue weighted by molar-refractivity contribution is 5.95. The van der Waals surface area contributed by atoms with E-state index < -0.39 is 0 Å². The molecule has 0 radical (unpaired) electrons. The Labute approximate surface area is 115 Å². The van der Waals surface area contributed by atoms with Gasteiger partial charge in [0.25, 0.3) is 5.91 Å². The minimum atomic E-state index is -0.202. The van der Waals surface area contributed by atoms with E-state index in [0.717, 1.165) is 25.1 Å². The molecule has 0 saturated carbocycles. The molecule has 1 aromatic rings. The second kappa shape index (κ2) is 7.28. The fourth-order valence-electron chi connectivity index (χ4n) is 2.01. The summed E-state index contributed by atoms with van der Waals surface area (Å²) in [6.45, 7) is 8.82. The van der Waals surface area contributed by atoms with Crippen molar-refractivity contribution in [3.05, 3.63) is 17.5 Å². The molecule has 0 aliphatic carbocycles. The van der Waals surface area contributed by atoms with E-state index in [0.29, 0.717) is 5.56 Å². The normalized spacial score (nSPS) is 14.2. The zero-order valence-corrected chi connectivity index (χ0v) is 12.3. The number of carbonyl (C=O) groups is 1. The van der Waals surface area contributed by atoms with Gasteiger partial charge >= 0.3 is 0 Å². The Hall–Kier alpha value is -1.36. The summed E-state index contributed by atoms with van der Waals surface area (Å²) in [5.41, 5.74) is 1.47. The summed E-state index contributed by atoms with van der Waals surface area (Å²) in [4.78, 5) is 12.2. The van der Waals surface area contributed by atoms with Crippen molar-refractivity contribution in [2.75, 3.05) is 6.61 Å². The minimum Gasteiger partial charge on any atom is -0.394 e. The molecule has 1 heterocycles. The van der Waals surface area contributed by atoms with Crippen LogP contribution in [0.3, 0.4) is 0 Å². The van der Waals surface area contributed by atoms with Crippen LogP contribution in [0.25, 0.3) is 0 Å². The van der Waals surface area contributed by atoms with Gasteiger partial charge in [-0.05, 0) is 19.3 Å². The summed E-state index contributed by atoms with van der Waals surface area (Å²) in [7, 11) is 0. The molecule has 2 N–H and O–H groups in total. The Bertz CT molecular complexity index is 415. The molecule has 2 unspecified atom stereocenters. The van der Waals surface area contributed by atoms with E-state index in [9.17, 15) is 9.90 Å². The minimum absolute atomic E-state index is 0.0388. The van der Waals surface area contributed by atoms with Crippen molar-refractivity contribution in [3.8, 4) is 0 Å². The van der Waals surface area contributed by atoms with Gasteiger partial charge in [-0.1, -0.05) is 27.2 Å². The van der Waals surface area contributed by atoms with Crippen LogP contribution in [0, 0.1) is 12.8 Å². The van der Waals surface area contributed by atoms with Crippen LogP contribution in [0.2, 0.25) is 0 Å². The van der Waals surface area contributed by atoms with Gasteiger partial charge in [0.1, 0.15) is 0 Å². The first-order valence-electron chi connectivity index (χ1n) is 6.99. The van der Waals surface area contributed by atoms with E-state index in [1.54, 1.807) is 6.20 Å². The van der Waals surface area contributed by atoms with Crippen molar-refractivity contribution < 1.29 is 9.90 Å². The zero-order valence-electron chi connectivity index (χ0n) is 12.3. The van der Waals surface area contributed by atoms with Crippen LogP contribution in [-0.4, -0.2) is 33.4 Å². The summed E-state index contributed by atoms with van der Waals surface area (Å²) < 4.78 is 1.84. The number of rotatable bonds is 7. The highest BCUT2D eigenvalue weighted by Crippen LogP contribution is 2.11. The molecule has 0 fully saturated rings. The molecule has 1 rings (SSSR count). The first kappa shape index (κ1) is 15.7. The molecule has 0 bridgehead atoms. The third kappa shape index (κ3) is 3.80. The number of amides is 1. The SMILES string of the molecule is CCCn1ncc(C(=O)NC(CO)C(C)CC)c1C. The molecule has 0 spiro atoms. The molecule has 108 valence electrons. The lowest BCUT2D eigenvalue weighted by Crippen LogP contribution is -2.42. The lowest BCUT2D eigenvalue weighted by atomic mass is 9.99. The molecular formula is C14H25N3O2. The highest BCUT2D eigenvalue weighted by Gasteiger charge is 2.20. The molecule has 5 nitrogen and oxygen atoms in total. The van der Waals surface area contributed by atoms with Crippen molar-refractivity contribution in [1.29, 1.82) is 0 Å². The molecule has 1 amide bonds. The topological polar surface area (TPSA) is 67.2 Å². The number of nitrogens with zero attached hydrogens (tertiary/aromatic N) is 2. The smallest absolute Gasteiger partial charge is 0.255 e. The Kier molecular flexibility index (Phi) is 6.02. The average Bonchev–Trinajstić information content (AvgIpc) is 2.77. The van der Waals surface area contributed by atoms with Crippen molar-refractivity contribution in [2.24, 2.45) is 5.92 Å². The Morgan fingerprint density at radius 3 is 2.74 bits per heavy atom. The van der Waals surface area contributed by atoms with Crippen molar-refractivity contribution >= 4 is 5.91 Å². The van der Waals surface area contributed by atoms with Crippen LogP contribution in [0.15, 0.2) is 6.20 Å². The summed E-state index contributed by atoms with van der Waals surface area (Å²) in [5, 5.41) is 16.5. The van der Waals surface area contributed by atoms with Gasteiger partial charge in [-0.2, -0.15) is 5.10 Å². The van der Waals surface area contributed by atoms with Crippen LogP contribution in [0.5, 0.6) is 0 Å². The van der Waals surface area contributed by atoms with Gasteiger partial charge in [0.2, 0.25) is 0 Å². The summed E-state index contributed by atoms with van der Waals surface area (Å²) in [6, 6.07) is -0.202. The molecule has 0 aliphatic rings. The zero-order chi connectivity index (χ0) is 14.4. The largest absolute Gasteiger partial charge is 0.394 e. The molecular weight excluding hydrogens is 242 g/mol. The van der Waals surface area contributed by atoms with Crippen molar-refractivity contribution in [1.82, 2.24) is 15.1 Å². The molecule has 0 saturated heterocycles. The molecule has 0 aromatic carbocycles. The lowest BCUT2D eigenvalue weighted by Gasteiger charge is -2.22. The standard InChI is InChI=1S/C14H25N3O2/c1-5-7-17-11(4)12(8-15-17)14(19)16-13(9-18)10(3)6-2/h8,10,13,18H,5-7,9H2,1-4H3,(H,16,19). The predicted octanol–water partition coefficient (Wildman–Crippen LogP) is 1.74. The third-order valence-electron chi connectivity index (χ3n) is 3.63. The number of aryl methyl sites for hydroxylation is 1. The number of hydrogen-bond donors (Lipinski definition) is 2. The van der Waals surface area contributed by atoms with Crippen molar-refractivity contribution in [2.45, 2.75) is 53.1 Å². The quantitative estimate of drug-likeness (QED) is 0.790. The van der Waals surface area contributed by atoms with E-state index in [1.807, 2.05) is 25.5 Å². The van der Waals surface area contributed by atoms with E-state index in [2.05, 4.69) is 17.3 Å². The van der Waals surface area contributed by atoms with Crippen LogP contribution < -0.4 is 5.32 Å². The monoisotopic (exact) mass is 267 g/mol. The fraction of sp³-hybridized carbons (Fsp3) is 0.714. The summed E-state index contributed by atoms with van der Waals surface area (Å²) in [6.07, 6.45) is 3.50. The maximum absolute atomic E-state index is 12.2. The predicted molar refractivity (Wildman–Crippen MR) is 75.1 cm³/mol. The number of nitrogens with one attached hydrogen (secondary N) is 1. The lowest BCUT2D eigenvalue weighted by molar-refractivity contribution is 0.0890. The second-order valence-corrected chi connectivity index (χ2v) is 5.01. The Morgan fingerprint density at radius 2 is 2.21 bits per heavy atom. The Morgan fingerprint density at radius 1 is 1.53 bits per heavy atom. The summed E-state index contributed by atoms with van der Waals surface area (Å²) >= 11 is 0. The first-order valence-corrected chi connectivity index (χ1v) is 6.99. The van der Waals surface area contributed by atoms with Crippen molar-refractivity contribution in [3.63, 3.8) is 0 Å². The van der Waals surface area contributed by atoms with Crippen LogP contribution in [0.4, 0.5) is 0 Å². The maximum Gasteiger partial charge on any atom is 0.255 e. The van der Waals surface area contributed by atoms with Crippen LogP contribution in [-0.2, 0) is 6.54 Å². The van der Waals surface area contributed by atoms with Gasteiger partial charge in [-0.25, -0.2) is 0 Å². The van der Waals surface area contributed by atoms with E-state index in [-0.39, 0.29) is 24.5 Å². The van der Waals surface area contributed by atoms with E-state index >= 15 is 0 Å². The maximum atomic E-state index is 12.2. The van der Waals surface area contributed by atoms with Gasteiger partial charge in [0.15, 0.2) is 0 Å². The molecule has 19 heavy (non-hydrogen) atoms. The second-order valence-electron chi connectivity index (χ2n) is 5.01. The van der Waals surface area contributed by atoms with Gasteiger partial charge in [-0.15, -0.1) is 0 Å². The van der Waals surface area contributed by atoms with Gasteiger partial charge < -0.3 is 10.4 Å². The van der Waals surface area contributed by atoms with E-state index in [4.69, 9.17) is 0 Å². The number of aromatic nitrogens is 2. The summed E-state index contributed by atoms with van der Waals surface area (Å²) in [5.74, 6) is 0.0964. The number of hydrogen-bond acceptors (Lipinski definition) is 3. The van der Waals surface area contributed by atoms with E-state index in [1.165, 1.54) is 0 Å². The van der Waals surface area contributed by atoms with Gasteiger partial charge in [0.05, 0.1) is 24.4 Å². The van der Waals surface area contributed by atoms with Gasteiger partial charge in [0, 0.05) is 12.2 Å². The molecule has 0 aliphatic heterocycles. The highest BCUT2D eigenvalue weighted by atomic mass is 16.3. The number of carbonyl (C=O) groups excluding carboxylic acids is 1. The number of aliphatic hydroxyl groups excluding tert-OH is 1. The average molecular weight is 267 g/mol. The molecule has 2 atom stereocenters. The molecule has 1 aromatic heterocycles. The fourth-order valence-corrected chi connectivity index (χ4v) is 2.01. The molecule has 5 heteroatoms. The first-order chi connectivity index (χ1) is 9.04. The number of aliphatic hydroxyl groups is 1. The van der Waals surface area contributed by atoms with Crippen LogP contribution >= 0.6 is 0 Å². The van der Waals surface area contributed by atoms with Gasteiger partial charge in [-0.3, -0.25) is 9.48 Å². The Balaban J connectivity index is 2.77. The van der Waals surface area contributed by atoms with Crippen LogP contribution in [0.1, 0.15) is 49.7 Å². The third-order valence-corrected chi connectivity index (χ3v) is 3.63.